The van der Waals surface area contributed by atoms with Crippen molar-refractivity contribution in [2.75, 3.05) is 6.54 Å². The Morgan fingerprint density at radius 1 is 1.29 bits per heavy atom. The van der Waals surface area contributed by atoms with Gasteiger partial charge in [0.25, 0.3) is 5.91 Å². The molecule has 1 aliphatic heterocycles. The molecule has 1 aromatic carbocycles. The monoisotopic (exact) mass is 323 g/mol. The second-order valence-corrected chi connectivity index (χ2v) is 6.94. The first-order valence-corrected chi connectivity index (χ1v) is 8.50. The molecule has 4 heteroatoms. The first-order valence-electron chi connectivity index (χ1n) is 8.50. The molecule has 0 atom stereocenters. The number of nitrogens with zero attached hydrogens (tertiary/aromatic N) is 3. The van der Waals surface area contributed by atoms with Crippen molar-refractivity contribution in [3.8, 4) is 5.69 Å². The standard InChI is InChI=1S/C20H25N3O/c1-6-18-14(2)21-23(15(18)3)17-10-7-9-16(13-17)19(24)22-12-8-11-20(22,4)5/h7-11,13H,6,12H2,1-5H3. The molecule has 24 heavy (non-hydrogen) atoms. The predicted octanol–water partition coefficient (Wildman–Crippen LogP) is 3.84. The van der Waals surface area contributed by atoms with Crippen LogP contribution >= 0.6 is 0 Å². The zero-order valence-corrected chi connectivity index (χ0v) is 15.1. The van der Waals surface area contributed by atoms with Crippen molar-refractivity contribution in [2.45, 2.75) is 46.6 Å². The van der Waals surface area contributed by atoms with Crippen molar-refractivity contribution in [1.82, 2.24) is 14.7 Å². The molecule has 0 aliphatic carbocycles. The lowest BCUT2D eigenvalue weighted by Gasteiger charge is -2.31. The van der Waals surface area contributed by atoms with Gasteiger partial charge in [0.15, 0.2) is 0 Å². The summed E-state index contributed by atoms with van der Waals surface area (Å²) >= 11 is 0. The summed E-state index contributed by atoms with van der Waals surface area (Å²) in [5.41, 5.74) is 4.87. The molecule has 1 amide bonds. The predicted molar refractivity (Wildman–Crippen MR) is 96.7 cm³/mol. The van der Waals surface area contributed by atoms with Crippen LogP contribution < -0.4 is 0 Å². The van der Waals surface area contributed by atoms with Gasteiger partial charge in [-0.2, -0.15) is 5.10 Å². The topological polar surface area (TPSA) is 38.1 Å². The Labute approximate surface area is 143 Å². The highest BCUT2D eigenvalue weighted by atomic mass is 16.2. The van der Waals surface area contributed by atoms with Crippen LogP contribution in [0.25, 0.3) is 5.69 Å². The van der Waals surface area contributed by atoms with Gasteiger partial charge in [0.05, 0.1) is 16.9 Å². The van der Waals surface area contributed by atoms with Crippen LogP contribution in [0, 0.1) is 13.8 Å². The minimum absolute atomic E-state index is 0.0593. The molecular formula is C20H25N3O. The zero-order chi connectivity index (χ0) is 17.5. The fourth-order valence-corrected chi connectivity index (χ4v) is 3.48. The molecule has 0 spiro atoms. The Bertz CT molecular complexity index is 814. The third-order valence-corrected chi connectivity index (χ3v) is 4.89. The Morgan fingerprint density at radius 3 is 2.62 bits per heavy atom. The number of amides is 1. The van der Waals surface area contributed by atoms with Gasteiger partial charge in [-0.15, -0.1) is 0 Å². The van der Waals surface area contributed by atoms with Gasteiger partial charge in [-0.05, 0) is 57.9 Å². The van der Waals surface area contributed by atoms with Gasteiger partial charge < -0.3 is 4.90 Å². The minimum Gasteiger partial charge on any atom is -0.326 e. The SMILES string of the molecule is CCc1c(C)nn(-c2cccc(C(=O)N3CC=CC3(C)C)c2)c1C. The number of carbonyl (C=O) groups is 1. The van der Waals surface area contributed by atoms with Gasteiger partial charge in [0.2, 0.25) is 0 Å². The smallest absolute Gasteiger partial charge is 0.254 e. The highest BCUT2D eigenvalue weighted by Crippen LogP contribution is 2.25. The van der Waals surface area contributed by atoms with Crippen molar-refractivity contribution < 1.29 is 4.79 Å². The van der Waals surface area contributed by atoms with E-state index in [9.17, 15) is 4.79 Å². The Kier molecular flexibility index (Phi) is 4.08. The molecule has 0 fully saturated rings. The van der Waals surface area contributed by atoms with Crippen LogP contribution in [0.15, 0.2) is 36.4 Å². The molecule has 126 valence electrons. The van der Waals surface area contributed by atoms with Crippen molar-refractivity contribution in [3.63, 3.8) is 0 Å². The first kappa shape index (κ1) is 16.5. The molecule has 0 radical (unpaired) electrons. The van der Waals surface area contributed by atoms with Crippen LogP contribution in [0.1, 0.15) is 48.1 Å². The number of hydrogen-bond donors (Lipinski definition) is 0. The van der Waals surface area contributed by atoms with Crippen molar-refractivity contribution in [2.24, 2.45) is 0 Å². The average molecular weight is 323 g/mol. The molecule has 3 rings (SSSR count). The lowest BCUT2D eigenvalue weighted by Crippen LogP contribution is -2.43. The van der Waals surface area contributed by atoms with Gasteiger partial charge >= 0.3 is 0 Å². The molecule has 1 aromatic heterocycles. The Hall–Kier alpha value is -2.36. The molecule has 4 nitrogen and oxygen atoms in total. The second-order valence-electron chi connectivity index (χ2n) is 6.94. The summed E-state index contributed by atoms with van der Waals surface area (Å²) in [6.45, 7) is 11.1. The van der Waals surface area contributed by atoms with Gasteiger partial charge in [-0.1, -0.05) is 25.1 Å². The molecule has 0 saturated heterocycles. The fourth-order valence-electron chi connectivity index (χ4n) is 3.48. The van der Waals surface area contributed by atoms with Gasteiger partial charge in [-0.3, -0.25) is 4.79 Å². The van der Waals surface area contributed by atoms with Crippen LogP contribution in [0.3, 0.4) is 0 Å². The maximum absolute atomic E-state index is 12.9. The summed E-state index contributed by atoms with van der Waals surface area (Å²) in [6, 6.07) is 7.76. The number of rotatable bonds is 3. The summed E-state index contributed by atoms with van der Waals surface area (Å²) in [7, 11) is 0. The van der Waals surface area contributed by atoms with Crippen LogP contribution in [-0.4, -0.2) is 32.7 Å². The maximum atomic E-state index is 12.9. The van der Waals surface area contributed by atoms with Crippen LogP contribution in [0.4, 0.5) is 0 Å². The second kappa shape index (κ2) is 5.93. The van der Waals surface area contributed by atoms with E-state index >= 15 is 0 Å². The number of carbonyl (C=O) groups excluding carboxylic acids is 1. The van der Waals surface area contributed by atoms with Crippen molar-refractivity contribution in [1.29, 1.82) is 0 Å². The summed E-state index contributed by atoms with van der Waals surface area (Å²) in [5.74, 6) is 0.0593. The number of hydrogen-bond acceptors (Lipinski definition) is 2. The largest absolute Gasteiger partial charge is 0.326 e. The van der Waals surface area contributed by atoms with E-state index < -0.39 is 0 Å². The average Bonchev–Trinajstić information content (AvgIpc) is 3.05. The van der Waals surface area contributed by atoms with E-state index in [0.29, 0.717) is 12.1 Å². The number of aromatic nitrogens is 2. The third kappa shape index (κ3) is 2.66. The van der Waals surface area contributed by atoms with Crippen molar-refractivity contribution in [3.05, 3.63) is 58.9 Å². The fraction of sp³-hybridized carbons (Fsp3) is 0.400. The van der Waals surface area contributed by atoms with E-state index in [4.69, 9.17) is 0 Å². The third-order valence-electron chi connectivity index (χ3n) is 4.89. The van der Waals surface area contributed by atoms with Gasteiger partial charge in [0.1, 0.15) is 0 Å². The zero-order valence-electron chi connectivity index (χ0n) is 15.1. The van der Waals surface area contributed by atoms with E-state index in [1.165, 1.54) is 5.56 Å². The molecular weight excluding hydrogens is 298 g/mol. The van der Waals surface area contributed by atoms with Crippen LogP contribution in [0.2, 0.25) is 0 Å². The van der Waals surface area contributed by atoms with E-state index in [-0.39, 0.29) is 11.4 Å². The van der Waals surface area contributed by atoms with Gasteiger partial charge in [-0.25, -0.2) is 4.68 Å². The molecule has 0 saturated carbocycles. The molecule has 0 N–H and O–H groups in total. The minimum atomic E-state index is -0.235. The maximum Gasteiger partial charge on any atom is 0.254 e. The molecule has 2 aromatic rings. The summed E-state index contributed by atoms with van der Waals surface area (Å²) < 4.78 is 1.94. The Morgan fingerprint density at radius 2 is 2.04 bits per heavy atom. The van der Waals surface area contributed by atoms with E-state index in [0.717, 1.165) is 23.5 Å². The lowest BCUT2D eigenvalue weighted by molar-refractivity contribution is 0.0681. The normalized spacial score (nSPS) is 16.0. The van der Waals surface area contributed by atoms with E-state index in [1.54, 1.807) is 0 Å². The molecule has 0 unspecified atom stereocenters. The number of benzene rings is 1. The summed E-state index contributed by atoms with van der Waals surface area (Å²) in [6.07, 6.45) is 5.10. The van der Waals surface area contributed by atoms with Crippen LogP contribution in [-0.2, 0) is 6.42 Å². The molecule has 2 heterocycles. The summed E-state index contributed by atoms with van der Waals surface area (Å²) in [4.78, 5) is 14.8. The van der Waals surface area contributed by atoms with Crippen LogP contribution in [0.5, 0.6) is 0 Å². The Balaban J connectivity index is 1.97. The molecule has 0 bridgehead atoms. The molecule has 1 aliphatic rings. The van der Waals surface area contributed by atoms with Crippen molar-refractivity contribution >= 4 is 5.91 Å². The number of aryl methyl sites for hydroxylation is 1. The first-order chi connectivity index (χ1) is 11.3. The van der Waals surface area contributed by atoms with E-state index in [1.807, 2.05) is 40.8 Å². The van der Waals surface area contributed by atoms with Gasteiger partial charge in [0, 0.05) is 17.8 Å². The quantitative estimate of drug-likeness (QED) is 0.805. The summed E-state index contributed by atoms with van der Waals surface area (Å²) in [5, 5.41) is 4.66. The van der Waals surface area contributed by atoms with E-state index in [2.05, 4.69) is 44.9 Å². The lowest BCUT2D eigenvalue weighted by atomic mass is 10.0. The highest BCUT2D eigenvalue weighted by Gasteiger charge is 2.32. The highest BCUT2D eigenvalue weighted by molar-refractivity contribution is 5.95.